The van der Waals surface area contributed by atoms with Crippen molar-refractivity contribution in [2.45, 2.75) is 20.4 Å². The third-order valence-electron chi connectivity index (χ3n) is 3.80. The predicted molar refractivity (Wildman–Crippen MR) is 105 cm³/mol. The van der Waals surface area contributed by atoms with Crippen molar-refractivity contribution in [3.63, 3.8) is 0 Å². The second-order valence-corrected chi connectivity index (χ2v) is 9.37. The van der Waals surface area contributed by atoms with Gasteiger partial charge in [0, 0.05) is 54.2 Å². The first kappa shape index (κ1) is 18.4. The Bertz CT molecular complexity index is 432. The maximum Gasteiger partial charge on any atom is 0.121 e. The molecule has 0 amide bonds. The molecule has 0 spiro atoms. The third-order valence-corrected chi connectivity index (χ3v) is 7.24. The summed E-state index contributed by atoms with van der Waals surface area (Å²) in [6.07, 6.45) is 0. The summed E-state index contributed by atoms with van der Waals surface area (Å²) in [5.74, 6) is 8.04. The molecule has 1 heterocycles. The van der Waals surface area contributed by atoms with Crippen molar-refractivity contribution in [3.8, 4) is 5.75 Å². The summed E-state index contributed by atoms with van der Waals surface area (Å²) in [5, 5.41) is 9.92. The third kappa shape index (κ3) is 6.26. The molecule has 0 saturated carbocycles. The Balaban J connectivity index is 1.94. The first-order valence-electron chi connectivity index (χ1n) is 7.91. The van der Waals surface area contributed by atoms with E-state index in [4.69, 9.17) is 0 Å². The Morgan fingerprint density at radius 3 is 1.82 bits per heavy atom. The van der Waals surface area contributed by atoms with Crippen LogP contribution in [-0.2, 0) is 6.54 Å². The van der Waals surface area contributed by atoms with Crippen molar-refractivity contribution in [3.05, 3.63) is 28.8 Å². The smallest absolute Gasteiger partial charge is 0.121 e. The zero-order valence-corrected chi connectivity index (χ0v) is 16.1. The Morgan fingerprint density at radius 2 is 1.32 bits per heavy atom. The van der Waals surface area contributed by atoms with E-state index in [0.717, 1.165) is 30.8 Å². The number of hydrogen-bond acceptors (Lipinski definition) is 5. The van der Waals surface area contributed by atoms with E-state index in [9.17, 15) is 5.11 Å². The van der Waals surface area contributed by atoms with Crippen LogP contribution in [0, 0.1) is 13.8 Å². The highest BCUT2D eigenvalue weighted by molar-refractivity contribution is 8.04. The number of phenols is 1. The van der Waals surface area contributed by atoms with Crippen molar-refractivity contribution in [2.75, 3.05) is 47.6 Å². The lowest BCUT2D eigenvalue weighted by Crippen LogP contribution is -2.28. The molecule has 22 heavy (non-hydrogen) atoms. The first-order chi connectivity index (χ1) is 10.7. The molecule has 124 valence electrons. The zero-order valence-electron chi connectivity index (χ0n) is 13.6. The summed E-state index contributed by atoms with van der Waals surface area (Å²) in [4.78, 5) is 2.57. The number of nitrogens with zero attached hydrogens (tertiary/aromatic N) is 1. The summed E-state index contributed by atoms with van der Waals surface area (Å²) < 4.78 is 0. The Hall–Kier alpha value is 0.0300. The van der Waals surface area contributed by atoms with Crippen molar-refractivity contribution in [1.82, 2.24) is 4.90 Å². The second-order valence-electron chi connectivity index (χ2n) is 5.69. The highest BCUT2D eigenvalue weighted by Gasteiger charge is 2.10. The summed E-state index contributed by atoms with van der Waals surface area (Å²) >= 11 is 6.26. The number of hydrogen-bond donors (Lipinski definition) is 1. The van der Waals surface area contributed by atoms with Crippen LogP contribution in [-0.4, -0.2) is 57.6 Å². The second kappa shape index (κ2) is 10.0. The van der Waals surface area contributed by atoms with Crippen molar-refractivity contribution >= 4 is 35.3 Å². The quantitative estimate of drug-likeness (QED) is 0.861. The number of aromatic hydroxyl groups is 1. The van der Waals surface area contributed by atoms with Crippen LogP contribution in [0.2, 0.25) is 0 Å². The average molecular weight is 358 g/mol. The van der Waals surface area contributed by atoms with Gasteiger partial charge in [-0.1, -0.05) is 12.1 Å². The SMILES string of the molecule is Cc1cc(CN2CCSCCSCCSCC2)cc(C)c1O. The molecule has 1 N–H and O–H groups in total. The van der Waals surface area contributed by atoms with E-state index >= 15 is 0 Å². The van der Waals surface area contributed by atoms with Crippen LogP contribution in [0.5, 0.6) is 5.75 Å². The summed E-state index contributed by atoms with van der Waals surface area (Å²) in [7, 11) is 0. The Kier molecular flexibility index (Phi) is 8.36. The molecule has 0 radical (unpaired) electrons. The molecule has 1 aromatic rings. The lowest BCUT2D eigenvalue weighted by Gasteiger charge is -2.23. The number of benzene rings is 1. The monoisotopic (exact) mass is 357 g/mol. The standard InChI is InChI=1S/C17H27NOS3/c1-14-11-16(12-15(2)17(14)19)13-18-3-5-20-7-9-22-10-8-21-6-4-18/h11-12,19H,3-10,13H2,1-2H3. The lowest BCUT2D eigenvalue weighted by atomic mass is 10.1. The molecule has 1 fully saturated rings. The van der Waals surface area contributed by atoms with Gasteiger partial charge in [-0.3, -0.25) is 4.90 Å². The van der Waals surface area contributed by atoms with Gasteiger partial charge in [-0.15, -0.1) is 0 Å². The maximum absolute atomic E-state index is 9.92. The normalized spacial score (nSPS) is 19.4. The molecule has 2 nitrogen and oxygen atoms in total. The molecule has 1 aliphatic rings. The number of thioether (sulfide) groups is 3. The van der Waals surface area contributed by atoms with Gasteiger partial charge >= 0.3 is 0 Å². The fourth-order valence-corrected chi connectivity index (χ4v) is 5.87. The minimum absolute atomic E-state index is 0.445. The highest BCUT2D eigenvalue weighted by atomic mass is 32.2. The van der Waals surface area contributed by atoms with Crippen molar-refractivity contribution < 1.29 is 5.11 Å². The molecule has 0 aliphatic carbocycles. The van der Waals surface area contributed by atoms with Crippen LogP contribution < -0.4 is 0 Å². The van der Waals surface area contributed by atoms with Gasteiger partial charge < -0.3 is 5.11 Å². The fourth-order valence-electron chi connectivity index (χ4n) is 2.59. The molecule has 0 atom stereocenters. The van der Waals surface area contributed by atoms with Gasteiger partial charge in [-0.05, 0) is 30.5 Å². The molecular formula is C17H27NOS3. The topological polar surface area (TPSA) is 23.5 Å². The molecule has 1 aromatic carbocycles. The van der Waals surface area contributed by atoms with Gasteiger partial charge in [-0.25, -0.2) is 0 Å². The molecular weight excluding hydrogens is 330 g/mol. The summed E-state index contributed by atoms with van der Waals surface area (Å²) in [6.45, 7) is 7.30. The maximum atomic E-state index is 9.92. The van der Waals surface area contributed by atoms with Crippen LogP contribution in [0.1, 0.15) is 16.7 Å². The summed E-state index contributed by atoms with van der Waals surface area (Å²) in [5.41, 5.74) is 3.31. The lowest BCUT2D eigenvalue weighted by molar-refractivity contribution is 0.300. The van der Waals surface area contributed by atoms with Gasteiger partial charge in [-0.2, -0.15) is 35.3 Å². The van der Waals surface area contributed by atoms with E-state index in [1.807, 2.05) is 13.8 Å². The molecule has 5 heteroatoms. The van der Waals surface area contributed by atoms with Crippen LogP contribution in [0.4, 0.5) is 0 Å². The average Bonchev–Trinajstić information content (AvgIpc) is 2.47. The van der Waals surface area contributed by atoms with Gasteiger partial charge in [0.05, 0.1) is 0 Å². The van der Waals surface area contributed by atoms with Crippen LogP contribution in [0.25, 0.3) is 0 Å². The highest BCUT2D eigenvalue weighted by Crippen LogP contribution is 2.24. The molecule has 2 rings (SSSR count). The zero-order chi connectivity index (χ0) is 15.8. The minimum Gasteiger partial charge on any atom is -0.507 e. The van der Waals surface area contributed by atoms with E-state index in [2.05, 4.69) is 52.3 Å². The van der Waals surface area contributed by atoms with E-state index in [1.54, 1.807) is 0 Å². The van der Waals surface area contributed by atoms with Gasteiger partial charge in [0.1, 0.15) is 5.75 Å². The molecule has 1 aliphatic heterocycles. The van der Waals surface area contributed by atoms with Crippen LogP contribution >= 0.6 is 35.3 Å². The largest absolute Gasteiger partial charge is 0.507 e. The summed E-state index contributed by atoms with van der Waals surface area (Å²) in [6, 6.07) is 4.27. The van der Waals surface area contributed by atoms with E-state index in [-0.39, 0.29) is 0 Å². The van der Waals surface area contributed by atoms with Crippen molar-refractivity contribution in [1.29, 1.82) is 0 Å². The molecule has 0 bridgehead atoms. The van der Waals surface area contributed by atoms with E-state index < -0.39 is 0 Å². The van der Waals surface area contributed by atoms with E-state index in [0.29, 0.717) is 5.75 Å². The first-order valence-corrected chi connectivity index (χ1v) is 11.4. The Labute approximate surface area is 147 Å². The predicted octanol–water partition coefficient (Wildman–Crippen LogP) is 4.02. The van der Waals surface area contributed by atoms with Crippen molar-refractivity contribution in [2.24, 2.45) is 0 Å². The van der Waals surface area contributed by atoms with E-state index in [1.165, 1.54) is 40.1 Å². The van der Waals surface area contributed by atoms with Gasteiger partial charge in [0.25, 0.3) is 0 Å². The molecule has 1 saturated heterocycles. The van der Waals surface area contributed by atoms with Gasteiger partial charge in [0.2, 0.25) is 0 Å². The number of aryl methyl sites for hydroxylation is 2. The number of phenolic OH excluding ortho intramolecular Hbond substituents is 1. The fraction of sp³-hybridized carbons (Fsp3) is 0.647. The minimum atomic E-state index is 0.445. The molecule has 0 aromatic heterocycles. The number of rotatable bonds is 2. The van der Waals surface area contributed by atoms with Gasteiger partial charge in [0.15, 0.2) is 0 Å². The molecule has 0 unspecified atom stereocenters. The van der Waals surface area contributed by atoms with Crippen LogP contribution in [0.15, 0.2) is 12.1 Å². The Morgan fingerprint density at radius 1 is 0.864 bits per heavy atom. The van der Waals surface area contributed by atoms with Crippen LogP contribution in [0.3, 0.4) is 0 Å².